The first-order chi connectivity index (χ1) is 14.9. The number of piperidine rings is 1. The molecule has 1 atom stereocenters. The molecule has 0 radical (unpaired) electrons. The number of nitrogens with one attached hydrogen (secondary N) is 1. The summed E-state index contributed by atoms with van der Waals surface area (Å²) in [6.07, 6.45) is 7.14. The van der Waals surface area contributed by atoms with E-state index in [0.717, 1.165) is 60.8 Å². The van der Waals surface area contributed by atoms with Crippen LogP contribution in [0.5, 0.6) is 0 Å². The van der Waals surface area contributed by atoms with Crippen LogP contribution in [0.3, 0.4) is 0 Å². The second kappa shape index (κ2) is 12.7. The Kier molecular flexibility index (Phi) is 9.98. The van der Waals surface area contributed by atoms with Crippen LogP contribution in [-0.2, 0) is 9.59 Å². The fourth-order valence-corrected chi connectivity index (χ4v) is 3.79. The lowest BCUT2D eigenvalue weighted by molar-refractivity contribution is -0.131. The van der Waals surface area contributed by atoms with E-state index in [9.17, 15) is 9.59 Å². The quantitative estimate of drug-likeness (QED) is 0.621. The maximum absolute atomic E-state index is 12.6. The van der Waals surface area contributed by atoms with Crippen LogP contribution in [0.25, 0.3) is 6.08 Å². The third-order valence-corrected chi connectivity index (χ3v) is 5.37. The van der Waals surface area contributed by atoms with Gasteiger partial charge in [-0.2, -0.15) is 0 Å². The first-order valence-electron chi connectivity index (χ1n) is 11.0. The Balaban J connectivity index is 0.000000262. The van der Waals surface area contributed by atoms with Gasteiger partial charge in [0.1, 0.15) is 0 Å². The molecule has 3 rings (SSSR count). The van der Waals surface area contributed by atoms with Gasteiger partial charge in [-0.1, -0.05) is 61.9 Å². The van der Waals surface area contributed by atoms with Gasteiger partial charge in [-0.25, -0.2) is 4.79 Å². The fourth-order valence-electron chi connectivity index (χ4n) is 3.79. The molecule has 166 valence electrons. The predicted molar refractivity (Wildman–Crippen MR) is 127 cm³/mol. The zero-order valence-electron chi connectivity index (χ0n) is 18.8. The average Bonchev–Trinajstić information content (AvgIpc) is 2.77. The number of likely N-dealkylation sites (tertiary alicyclic amines) is 1. The number of aliphatic carboxylic acids is 1. The molecule has 0 aromatic heterocycles. The Morgan fingerprint density at radius 3 is 2.35 bits per heavy atom. The van der Waals surface area contributed by atoms with Crippen molar-refractivity contribution >= 4 is 23.6 Å². The minimum Gasteiger partial charge on any atom is -0.478 e. The lowest BCUT2D eigenvalue weighted by Gasteiger charge is -2.34. The first kappa shape index (κ1) is 24.4. The summed E-state index contributed by atoms with van der Waals surface area (Å²) in [4.78, 5) is 25.0. The molecule has 0 bridgehead atoms. The summed E-state index contributed by atoms with van der Waals surface area (Å²) in [5, 5.41) is 11.4. The number of carboxylic acid groups (broad SMARTS) is 1. The van der Waals surface area contributed by atoms with Gasteiger partial charge in [-0.15, -0.1) is 0 Å². The summed E-state index contributed by atoms with van der Waals surface area (Å²) >= 11 is 0. The molecule has 2 aromatic rings. The molecule has 0 aliphatic carbocycles. The lowest BCUT2D eigenvalue weighted by atomic mass is 10.0. The largest absolute Gasteiger partial charge is 0.478 e. The highest BCUT2D eigenvalue weighted by atomic mass is 16.4. The second-order valence-corrected chi connectivity index (χ2v) is 7.89. The van der Waals surface area contributed by atoms with E-state index in [1.807, 2.05) is 62.4 Å². The maximum atomic E-state index is 12.6. The number of anilines is 1. The van der Waals surface area contributed by atoms with E-state index >= 15 is 0 Å². The molecule has 1 aliphatic rings. The SMILES string of the molecule is CCCN1CCCC[C@H]1C(=O)Nc1c(C)cccc1C.O=C(O)C=Cc1ccccc1. The minimum atomic E-state index is -0.922. The van der Waals surface area contributed by atoms with Crippen molar-refractivity contribution in [1.29, 1.82) is 0 Å². The van der Waals surface area contributed by atoms with Crippen molar-refractivity contribution in [3.63, 3.8) is 0 Å². The van der Waals surface area contributed by atoms with Crippen LogP contribution in [0.1, 0.15) is 49.3 Å². The summed E-state index contributed by atoms with van der Waals surface area (Å²) in [5.74, 6) is -0.760. The molecule has 1 saturated heterocycles. The Morgan fingerprint density at radius 1 is 1.06 bits per heavy atom. The number of benzene rings is 2. The number of rotatable bonds is 6. The van der Waals surface area contributed by atoms with Gasteiger partial charge in [-0.05, 0) is 69.0 Å². The standard InChI is InChI=1S/C17H26N2O.C9H8O2/c1-4-11-19-12-6-5-10-15(19)17(20)18-16-13(2)8-7-9-14(16)3;10-9(11)7-6-8-4-2-1-3-5-8/h7-9,15H,4-6,10-12H2,1-3H3,(H,18,20);1-7H,(H,10,11)/t15-;/m0./s1. The molecule has 1 amide bonds. The van der Waals surface area contributed by atoms with Crippen LogP contribution in [0.15, 0.2) is 54.6 Å². The normalized spacial score (nSPS) is 16.4. The van der Waals surface area contributed by atoms with Crippen molar-refractivity contribution in [1.82, 2.24) is 4.90 Å². The third kappa shape index (κ3) is 8.02. The molecular formula is C26H34N2O3. The molecule has 31 heavy (non-hydrogen) atoms. The minimum absolute atomic E-state index is 0.0442. The van der Waals surface area contributed by atoms with Gasteiger partial charge in [-0.3, -0.25) is 9.69 Å². The van der Waals surface area contributed by atoms with Gasteiger partial charge in [0.05, 0.1) is 6.04 Å². The summed E-state index contributed by atoms with van der Waals surface area (Å²) in [6.45, 7) is 8.35. The van der Waals surface area contributed by atoms with Crippen LogP contribution in [0.4, 0.5) is 5.69 Å². The van der Waals surface area contributed by atoms with Crippen LogP contribution in [0, 0.1) is 13.8 Å². The van der Waals surface area contributed by atoms with Gasteiger partial charge >= 0.3 is 5.97 Å². The monoisotopic (exact) mass is 422 g/mol. The Hall–Kier alpha value is -2.92. The molecule has 2 aromatic carbocycles. The zero-order valence-corrected chi connectivity index (χ0v) is 18.8. The van der Waals surface area contributed by atoms with Crippen molar-refractivity contribution in [3.8, 4) is 0 Å². The molecule has 2 N–H and O–H groups in total. The molecule has 5 heteroatoms. The van der Waals surface area contributed by atoms with Crippen molar-refractivity contribution in [2.24, 2.45) is 0 Å². The summed E-state index contributed by atoms with van der Waals surface area (Å²) in [6, 6.07) is 15.5. The van der Waals surface area contributed by atoms with Crippen LogP contribution < -0.4 is 5.32 Å². The molecular weight excluding hydrogens is 388 g/mol. The predicted octanol–water partition coefficient (Wildman–Crippen LogP) is 5.29. The van der Waals surface area contributed by atoms with Crippen LogP contribution in [0.2, 0.25) is 0 Å². The highest BCUT2D eigenvalue weighted by molar-refractivity contribution is 5.96. The molecule has 0 unspecified atom stereocenters. The molecule has 0 saturated carbocycles. The van der Waals surface area contributed by atoms with E-state index in [2.05, 4.69) is 17.1 Å². The third-order valence-electron chi connectivity index (χ3n) is 5.37. The number of para-hydroxylation sites is 1. The number of nitrogens with zero attached hydrogens (tertiary/aromatic N) is 1. The number of amides is 1. The van der Waals surface area contributed by atoms with Gasteiger partial charge in [0.15, 0.2) is 0 Å². The van der Waals surface area contributed by atoms with E-state index in [-0.39, 0.29) is 11.9 Å². The van der Waals surface area contributed by atoms with Gasteiger partial charge < -0.3 is 10.4 Å². The molecule has 0 spiro atoms. The summed E-state index contributed by atoms with van der Waals surface area (Å²) < 4.78 is 0. The Labute approximate surface area is 185 Å². The van der Waals surface area contributed by atoms with Crippen molar-refractivity contribution in [3.05, 3.63) is 71.3 Å². The maximum Gasteiger partial charge on any atom is 0.328 e. The van der Waals surface area contributed by atoms with E-state index in [1.54, 1.807) is 6.08 Å². The number of carboxylic acids is 1. The number of hydrogen-bond acceptors (Lipinski definition) is 3. The van der Waals surface area contributed by atoms with Gasteiger partial charge in [0.2, 0.25) is 5.91 Å². The fraction of sp³-hybridized carbons (Fsp3) is 0.385. The van der Waals surface area contributed by atoms with Gasteiger partial charge in [0.25, 0.3) is 0 Å². The molecule has 1 aliphatic heterocycles. The summed E-state index contributed by atoms with van der Waals surface area (Å²) in [5.41, 5.74) is 4.15. The second-order valence-electron chi connectivity index (χ2n) is 7.89. The smallest absolute Gasteiger partial charge is 0.328 e. The highest BCUT2D eigenvalue weighted by Gasteiger charge is 2.28. The van der Waals surface area contributed by atoms with Crippen molar-refractivity contribution < 1.29 is 14.7 Å². The first-order valence-corrected chi connectivity index (χ1v) is 11.0. The number of carbonyl (C=O) groups is 2. The van der Waals surface area contributed by atoms with E-state index < -0.39 is 5.97 Å². The zero-order chi connectivity index (χ0) is 22.6. The number of aryl methyl sites for hydroxylation is 2. The van der Waals surface area contributed by atoms with Crippen molar-refractivity contribution in [2.75, 3.05) is 18.4 Å². The number of hydrogen-bond donors (Lipinski definition) is 2. The topological polar surface area (TPSA) is 69.6 Å². The lowest BCUT2D eigenvalue weighted by Crippen LogP contribution is -2.47. The molecule has 1 fully saturated rings. The van der Waals surface area contributed by atoms with Crippen LogP contribution in [-0.4, -0.2) is 41.0 Å². The summed E-state index contributed by atoms with van der Waals surface area (Å²) in [7, 11) is 0. The van der Waals surface area contributed by atoms with Gasteiger partial charge in [0, 0.05) is 11.8 Å². The Morgan fingerprint density at radius 2 is 1.74 bits per heavy atom. The number of carbonyl (C=O) groups excluding carboxylic acids is 1. The highest BCUT2D eigenvalue weighted by Crippen LogP contribution is 2.23. The molecule has 5 nitrogen and oxygen atoms in total. The van der Waals surface area contributed by atoms with E-state index in [1.165, 1.54) is 6.42 Å². The Bertz CT molecular complexity index is 855. The molecule has 1 heterocycles. The van der Waals surface area contributed by atoms with E-state index in [0.29, 0.717) is 0 Å². The van der Waals surface area contributed by atoms with Crippen molar-refractivity contribution in [2.45, 2.75) is 52.5 Å². The van der Waals surface area contributed by atoms with Crippen LogP contribution >= 0.6 is 0 Å². The average molecular weight is 423 g/mol. The van der Waals surface area contributed by atoms with E-state index in [4.69, 9.17) is 5.11 Å².